The molecule has 1 aliphatic heterocycles. The largest absolute Gasteiger partial charge is 0.490 e. The fraction of sp³-hybridized carbons (Fsp3) is 0.205. The van der Waals surface area contributed by atoms with Crippen molar-refractivity contribution in [3.63, 3.8) is 0 Å². The van der Waals surface area contributed by atoms with Crippen LogP contribution in [0.3, 0.4) is 0 Å². The van der Waals surface area contributed by atoms with Crippen LogP contribution < -0.4 is 29.1 Å². The molecule has 0 radical (unpaired) electrons. The lowest BCUT2D eigenvalue weighted by Gasteiger charge is -2.24. The molecule has 2 heterocycles. The van der Waals surface area contributed by atoms with Gasteiger partial charge in [-0.15, -0.1) is 0 Å². The molecule has 1 aromatic heterocycles. The van der Waals surface area contributed by atoms with Crippen LogP contribution in [-0.4, -0.2) is 23.8 Å². The lowest BCUT2D eigenvalue weighted by molar-refractivity contribution is -0.130. The monoisotopic (exact) mass is 644 g/mol. The van der Waals surface area contributed by atoms with Gasteiger partial charge in [-0.05, 0) is 71.5 Å². The molecule has 0 aliphatic carbocycles. The second-order valence-electron chi connectivity index (χ2n) is 12.2. The van der Waals surface area contributed by atoms with E-state index in [1.165, 1.54) is 16.9 Å². The van der Waals surface area contributed by atoms with Gasteiger partial charge in [0, 0.05) is 0 Å². The van der Waals surface area contributed by atoms with Gasteiger partial charge in [-0.3, -0.25) is 9.36 Å². The molecule has 7 nitrogen and oxygen atoms in total. The van der Waals surface area contributed by atoms with Crippen molar-refractivity contribution in [2.45, 2.75) is 39.2 Å². The van der Waals surface area contributed by atoms with E-state index in [0.717, 1.165) is 16.9 Å². The van der Waals surface area contributed by atoms with Crippen molar-refractivity contribution in [2.24, 2.45) is 4.99 Å². The molecule has 47 heavy (non-hydrogen) atoms. The number of thiazole rings is 1. The third-order valence-corrected chi connectivity index (χ3v) is 8.79. The molecule has 0 fully saturated rings. The zero-order valence-electron chi connectivity index (χ0n) is 26.8. The number of carbonyl (C=O) groups is 1. The van der Waals surface area contributed by atoms with E-state index in [9.17, 15) is 9.59 Å². The summed E-state index contributed by atoms with van der Waals surface area (Å²) in [6.07, 6.45) is 1.83. The van der Waals surface area contributed by atoms with Gasteiger partial charge >= 0.3 is 5.97 Å². The van der Waals surface area contributed by atoms with Crippen LogP contribution in [0.5, 0.6) is 17.2 Å². The fourth-order valence-electron chi connectivity index (χ4n) is 5.40. The van der Waals surface area contributed by atoms with E-state index in [0.29, 0.717) is 45.3 Å². The Morgan fingerprint density at radius 1 is 0.830 bits per heavy atom. The van der Waals surface area contributed by atoms with E-state index in [1.807, 2.05) is 78.9 Å². The highest BCUT2D eigenvalue weighted by Crippen LogP contribution is 2.31. The molecule has 0 N–H and O–H groups in total. The highest BCUT2D eigenvalue weighted by molar-refractivity contribution is 7.07. The summed E-state index contributed by atoms with van der Waals surface area (Å²) in [5, 5.41) is 0. The number of allylic oxidation sites excluding steroid dienone is 1. The first-order valence-electron chi connectivity index (χ1n) is 15.5. The van der Waals surface area contributed by atoms with Crippen LogP contribution in [0, 0.1) is 0 Å². The Morgan fingerprint density at radius 3 is 2.15 bits per heavy atom. The Bertz CT molecular complexity index is 2090. The maximum Gasteiger partial charge on any atom is 0.343 e. The summed E-state index contributed by atoms with van der Waals surface area (Å²) in [5.74, 6) is 1.34. The highest BCUT2D eigenvalue weighted by atomic mass is 32.1. The number of benzene rings is 4. The number of rotatable bonds is 9. The van der Waals surface area contributed by atoms with Crippen molar-refractivity contribution in [1.29, 1.82) is 0 Å². The van der Waals surface area contributed by atoms with Gasteiger partial charge in [0.25, 0.3) is 5.56 Å². The number of hydrogen-bond donors (Lipinski definition) is 0. The van der Waals surface area contributed by atoms with Gasteiger partial charge in [-0.25, -0.2) is 9.79 Å². The number of para-hydroxylation sites is 1. The normalized spacial score (nSPS) is 14.7. The van der Waals surface area contributed by atoms with Crippen LogP contribution in [0.15, 0.2) is 130 Å². The van der Waals surface area contributed by atoms with Gasteiger partial charge in [0.15, 0.2) is 4.80 Å². The van der Waals surface area contributed by atoms with Crippen LogP contribution in [0.4, 0.5) is 0 Å². The van der Waals surface area contributed by atoms with E-state index >= 15 is 0 Å². The quantitative estimate of drug-likeness (QED) is 0.103. The standard InChI is InChI=1S/C39H36N2O5S/c1-26-34(37(43)46-31-15-9-6-10-16-31)35(28-13-7-5-8-14-28)41-36(42)33(47-38(41)40-26)25-27-12-11-17-32(24-27)45-23-22-44-30-20-18-29(19-21-30)39(2,3)4/h5-21,24-25,35H,22-23H2,1-4H3. The average Bonchev–Trinajstić information content (AvgIpc) is 3.36. The Kier molecular flexibility index (Phi) is 9.22. The van der Waals surface area contributed by atoms with Crippen molar-refractivity contribution >= 4 is 23.4 Å². The number of esters is 1. The maximum absolute atomic E-state index is 14.0. The fourth-order valence-corrected chi connectivity index (χ4v) is 6.45. The van der Waals surface area contributed by atoms with Gasteiger partial charge in [0.1, 0.15) is 30.5 Å². The van der Waals surface area contributed by atoms with Crippen molar-refractivity contribution in [1.82, 2.24) is 4.57 Å². The van der Waals surface area contributed by atoms with Gasteiger partial charge in [-0.1, -0.05) is 105 Å². The Labute approximate surface area is 277 Å². The zero-order valence-corrected chi connectivity index (χ0v) is 27.6. The summed E-state index contributed by atoms with van der Waals surface area (Å²) in [5.41, 5.74) is 3.53. The number of hydrogen-bond acceptors (Lipinski definition) is 7. The summed E-state index contributed by atoms with van der Waals surface area (Å²) in [6, 6.07) is 33.4. The Hall–Kier alpha value is -5.21. The van der Waals surface area contributed by atoms with Gasteiger partial charge in [0.2, 0.25) is 0 Å². The second kappa shape index (κ2) is 13.6. The first-order chi connectivity index (χ1) is 22.7. The number of fused-ring (bicyclic) bond motifs is 1. The molecule has 6 rings (SSSR count). The van der Waals surface area contributed by atoms with E-state index in [-0.39, 0.29) is 11.0 Å². The topological polar surface area (TPSA) is 79.1 Å². The summed E-state index contributed by atoms with van der Waals surface area (Å²) in [6.45, 7) is 9.09. The van der Waals surface area contributed by atoms with Crippen LogP contribution in [0.2, 0.25) is 0 Å². The van der Waals surface area contributed by atoms with Crippen molar-refractivity contribution < 1.29 is 19.0 Å². The minimum absolute atomic E-state index is 0.0886. The Morgan fingerprint density at radius 2 is 1.47 bits per heavy atom. The Balaban J connectivity index is 1.23. The van der Waals surface area contributed by atoms with E-state index in [4.69, 9.17) is 19.2 Å². The molecule has 1 aliphatic rings. The van der Waals surface area contributed by atoms with Crippen molar-refractivity contribution in [2.75, 3.05) is 13.2 Å². The van der Waals surface area contributed by atoms with E-state index < -0.39 is 12.0 Å². The van der Waals surface area contributed by atoms with Crippen LogP contribution in [0.1, 0.15) is 50.4 Å². The maximum atomic E-state index is 14.0. The van der Waals surface area contributed by atoms with Crippen LogP contribution in [-0.2, 0) is 10.2 Å². The smallest absolute Gasteiger partial charge is 0.343 e. The predicted octanol–water partition coefficient (Wildman–Crippen LogP) is 6.60. The van der Waals surface area contributed by atoms with Crippen LogP contribution >= 0.6 is 11.3 Å². The molecule has 0 saturated carbocycles. The summed E-state index contributed by atoms with van der Waals surface area (Å²) < 4.78 is 19.7. The summed E-state index contributed by atoms with van der Waals surface area (Å²) in [7, 11) is 0. The number of aromatic nitrogens is 1. The molecular formula is C39H36N2O5S. The molecule has 5 aromatic rings. The first kappa shape index (κ1) is 31.8. The first-order valence-corrected chi connectivity index (χ1v) is 16.3. The van der Waals surface area contributed by atoms with Gasteiger partial charge in [-0.2, -0.15) is 0 Å². The lowest BCUT2D eigenvalue weighted by Crippen LogP contribution is -2.40. The molecule has 0 spiro atoms. The number of nitrogens with zero attached hydrogens (tertiary/aromatic N) is 2. The molecule has 238 valence electrons. The minimum Gasteiger partial charge on any atom is -0.490 e. The lowest BCUT2D eigenvalue weighted by atomic mass is 9.87. The molecule has 1 atom stereocenters. The third-order valence-electron chi connectivity index (χ3n) is 7.81. The van der Waals surface area contributed by atoms with Crippen LogP contribution in [0.25, 0.3) is 6.08 Å². The molecular weight excluding hydrogens is 609 g/mol. The SMILES string of the molecule is CC1=C(C(=O)Oc2ccccc2)C(c2ccccc2)n2c(sc(=Cc3cccc(OCCOc4ccc(C(C)(C)C)cc4)c3)c2=O)=N1. The molecule has 0 bridgehead atoms. The average molecular weight is 645 g/mol. The van der Waals surface area contributed by atoms with Gasteiger partial charge in [0.05, 0.1) is 21.8 Å². The molecule has 4 aromatic carbocycles. The molecule has 0 saturated heterocycles. The number of carbonyl (C=O) groups excluding carboxylic acids is 1. The third kappa shape index (κ3) is 7.28. The van der Waals surface area contributed by atoms with Crippen molar-refractivity contribution in [3.05, 3.63) is 157 Å². The number of ether oxygens (including phenoxy) is 3. The van der Waals surface area contributed by atoms with E-state index in [1.54, 1.807) is 35.8 Å². The highest BCUT2D eigenvalue weighted by Gasteiger charge is 2.33. The predicted molar refractivity (Wildman–Crippen MR) is 185 cm³/mol. The van der Waals surface area contributed by atoms with Crippen molar-refractivity contribution in [3.8, 4) is 17.2 Å². The zero-order chi connectivity index (χ0) is 33.0. The molecule has 0 amide bonds. The summed E-state index contributed by atoms with van der Waals surface area (Å²) in [4.78, 5) is 32.8. The minimum atomic E-state index is -0.690. The molecule has 1 unspecified atom stereocenters. The summed E-state index contributed by atoms with van der Waals surface area (Å²) >= 11 is 1.29. The molecule has 8 heteroatoms. The van der Waals surface area contributed by atoms with Gasteiger partial charge < -0.3 is 14.2 Å². The second-order valence-corrected chi connectivity index (χ2v) is 13.2. The van der Waals surface area contributed by atoms with E-state index in [2.05, 4.69) is 32.9 Å².